The van der Waals surface area contributed by atoms with E-state index in [1.165, 1.54) is 0 Å². The van der Waals surface area contributed by atoms with Gasteiger partial charge in [-0.25, -0.2) is 0 Å². The number of carbonyl (C=O) groups is 1. The molecule has 2 heterocycles. The summed E-state index contributed by atoms with van der Waals surface area (Å²) in [4.78, 5) is 12.5. The fourth-order valence-electron chi connectivity index (χ4n) is 2.23. The zero-order valence-corrected chi connectivity index (χ0v) is 12.3. The fourth-order valence-corrected chi connectivity index (χ4v) is 2.23. The Morgan fingerprint density at radius 3 is 2.73 bits per heavy atom. The Hall–Kier alpha value is -2.83. The van der Waals surface area contributed by atoms with Gasteiger partial charge in [0.15, 0.2) is 11.5 Å². The predicted octanol–water partition coefficient (Wildman–Crippen LogP) is 1.91. The molecule has 22 heavy (non-hydrogen) atoms. The summed E-state index contributed by atoms with van der Waals surface area (Å²) < 4.78 is 10.5. The van der Waals surface area contributed by atoms with Crippen LogP contribution < -0.4 is 20.5 Å². The Labute approximate surface area is 127 Å². The number of ether oxygens (including phenoxy) is 2. The second-order valence-electron chi connectivity index (χ2n) is 4.95. The number of fused-ring (bicyclic) bond motifs is 1. The van der Waals surface area contributed by atoms with Crippen LogP contribution in [0.4, 0.5) is 11.4 Å². The van der Waals surface area contributed by atoms with E-state index in [1.54, 1.807) is 25.1 Å². The van der Waals surface area contributed by atoms with E-state index in [2.05, 4.69) is 15.5 Å². The van der Waals surface area contributed by atoms with E-state index in [1.807, 2.05) is 6.92 Å². The molecule has 1 aliphatic heterocycles. The van der Waals surface area contributed by atoms with Crippen LogP contribution >= 0.6 is 0 Å². The highest BCUT2D eigenvalue weighted by Gasteiger charge is 2.19. The van der Waals surface area contributed by atoms with Gasteiger partial charge in [-0.2, -0.15) is 10.2 Å². The van der Waals surface area contributed by atoms with Gasteiger partial charge in [0.1, 0.15) is 0 Å². The van der Waals surface area contributed by atoms with Crippen molar-refractivity contribution in [2.45, 2.75) is 20.3 Å². The average molecular weight is 300 g/mol. The largest absolute Gasteiger partial charge is 0.454 e. The van der Waals surface area contributed by atoms with Crippen LogP contribution in [0.5, 0.6) is 11.5 Å². The fraction of sp³-hybridized carbons (Fsp3) is 0.267. The third kappa shape index (κ3) is 2.52. The Bertz CT molecular complexity index is 746. The topological polar surface area (TPSA) is 99.4 Å². The number of amides is 1. The van der Waals surface area contributed by atoms with E-state index in [9.17, 15) is 4.79 Å². The molecule has 0 radical (unpaired) electrons. The van der Waals surface area contributed by atoms with Crippen molar-refractivity contribution in [3.63, 3.8) is 0 Å². The summed E-state index contributed by atoms with van der Waals surface area (Å²) >= 11 is 0. The summed E-state index contributed by atoms with van der Waals surface area (Å²) in [5.41, 5.74) is 8.65. The Kier molecular flexibility index (Phi) is 3.54. The van der Waals surface area contributed by atoms with Crippen LogP contribution in [0.3, 0.4) is 0 Å². The molecule has 0 aliphatic carbocycles. The lowest BCUT2D eigenvalue weighted by Gasteiger charge is -2.11. The Balaban J connectivity index is 1.90. The lowest BCUT2D eigenvalue weighted by molar-refractivity contribution is 0.102. The van der Waals surface area contributed by atoms with Gasteiger partial charge >= 0.3 is 0 Å². The number of nitrogens with two attached hydrogens (primary N) is 1. The standard InChI is InChI=1S/C15H16N4O3/c1-3-11-9(4-8(2)18-19-11)15(20)17-12-6-14-13(5-10(12)16)21-7-22-14/h4-6H,3,7,16H2,1-2H3,(H,17,20). The Morgan fingerprint density at radius 2 is 2.00 bits per heavy atom. The van der Waals surface area contributed by atoms with Crippen LogP contribution in [0, 0.1) is 6.92 Å². The number of aryl methyl sites for hydroxylation is 2. The molecular weight excluding hydrogens is 284 g/mol. The quantitative estimate of drug-likeness (QED) is 0.840. The number of aromatic nitrogens is 2. The van der Waals surface area contributed by atoms with Gasteiger partial charge in [-0.05, 0) is 19.4 Å². The monoisotopic (exact) mass is 300 g/mol. The molecule has 7 heteroatoms. The molecule has 1 aromatic carbocycles. The van der Waals surface area contributed by atoms with Crippen molar-refractivity contribution < 1.29 is 14.3 Å². The molecule has 114 valence electrons. The molecule has 0 saturated carbocycles. The number of nitrogens with zero attached hydrogens (tertiary/aromatic N) is 2. The van der Waals surface area contributed by atoms with E-state index < -0.39 is 0 Å². The van der Waals surface area contributed by atoms with E-state index >= 15 is 0 Å². The predicted molar refractivity (Wildman–Crippen MR) is 81.1 cm³/mol. The second kappa shape index (κ2) is 5.51. The lowest BCUT2D eigenvalue weighted by atomic mass is 10.1. The first-order valence-electron chi connectivity index (χ1n) is 6.92. The summed E-state index contributed by atoms with van der Waals surface area (Å²) in [6.07, 6.45) is 0.618. The molecule has 1 amide bonds. The van der Waals surface area contributed by atoms with Crippen LogP contribution in [-0.4, -0.2) is 22.9 Å². The minimum atomic E-state index is -0.277. The highest BCUT2D eigenvalue weighted by Crippen LogP contribution is 2.38. The molecule has 3 N–H and O–H groups in total. The van der Waals surface area contributed by atoms with Gasteiger partial charge in [0.05, 0.1) is 28.3 Å². The molecule has 0 spiro atoms. The van der Waals surface area contributed by atoms with Crippen LogP contribution in [0.1, 0.15) is 28.7 Å². The van der Waals surface area contributed by atoms with Crippen LogP contribution in [-0.2, 0) is 6.42 Å². The van der Waals surface area contributed by atoms with E-state index in [0.717, 1.165) is 0 Å². The van der Waals surface area contributed by atoms with Crippen molar-refractivity contribution in [3.8, 4) is 11.5 Å². The lowest BCUT2D eigenvalue weighted by Crippen LogP contribution is -2.17. The number of anilines is 2. The molecule has 1 aliphatic rings. The van der Waals surface area contributed by atoms with E-state index in [4.69, 9.17) is 15.2 Å². The minimum Gasteiger partial charge on any atom is -0.454 e. The molecule has 0 bridgehead atoms. The first-order valence-corrected chi connectivity index (χ1v) is 6.92. The molecule has 7 nitrogen and oxygen atoms in total. The van der Waals surface area contributed by atoms with Crippen molar-refractivity contribution in [1.29, 1.82) is 0 Å². The molecule has 1 aromatic heterocycles. The zero-order chi connectivity index (χ0) is 15.7. The SMILES string of the molecule is CCc1nnc(C)cc1C(=O)Nc1cc2c(cc1N)OCO2. The van der Waals surface area contributed by atoms with Gasteiger partial charge in [-0.3, -0.25) is 4.79 Å². The molecule has 2 aromatic rings. The van der Waals surface area contributed by atoms with Gasteiger partial charge in [0, 0.05) is 12.1 Å². The molecular formula is C15H16N4O3. The first kappa shape index (κ1) is 14.1. The minimum absolute atomic E-state index is 0.152. The summed E-state index contributed by atoms with van der Waals surface area (Å²) in [6.45, 7) is 3.86. The smallest absolute Gasteiger partial charge is 0.257 e. The highest BCUT2D eigenvalue weighted by molar-refractivity contribution is 6.06. The number of hydrogen-bond donors (Lipinski definition) is 2. The van der Waals surface area contributed by atoms with Gasteiger partial charge < -0.3 is 20.5 Å². The van der Waals surface area contributed by atoms with Gasteiger partial charge in [0.25, 0.3) is 5.91 Å². The number of hydrogen-bond acceptors (Lipinski definition) is 6. The van der Waals surface area contributed by atoms with Gasteiger partial charge in [0.2, 0.25) is 6.79 Å². The third-order valence-corrected chi connectivity index (χ3v) is 3.37. The maximum absolute atomic E-state index is 12.5. The van der Waals surface area contributed by atoms with Crippen LogP contribution in [0.2, 0.25) is 0 Å². The number of nitrogen functional groups attached to an aromatic ring is 1. The van der Waals surface area contributed by atoms with Gasteiger partial charge in [-0.1, -0.05) is 6.92 Å². The normalized spacial score (nSPS) is 12.3. The Morgan fingerprint density at radius 1 is 1.27 bits per heavy atom. The van der Waals surface area contributed by atoms with Crippen LogP contribution in [0.15, 0.2) is 18.2 Å². The van der Waals surface area contributed by atoms with Crippen molar-refractivity contribution in [2.24, 2.45) is 0 Å². The van der Waals surface area contributed by atoms with E-state index in [-0.39, 0.29) is 12.7 Å². The summed E-state index contributed by atoms with van der Waals surface area (Å²) in [7, 11) is 0. The van der Waals surface area contributed by atoms with Crippen molar-refractivity contribution in [1.82, 2.24) is 10.2 Å². The second-order valence-corrected chi connectivity index (χ2v) is 4.95. The summed E-state index contributed by atoms with van der Waals surface area (Å²) in [5, 5.41) is 10.8. The zero-order valence-electron chi connectivity index (χ0n) is 12.3. The number of carbonyl (C=O) groups excluding carboxylic acids is 1. The van der Waals surface area contributed by atoms with Crippen molar-refractivity contribution in [3.05, 3.63) is 35.2 Å². The summed E-state index contributed by atoms with van der Waals surface area (Å²) in [5.74, 6) is 0.857. The number of benzene rings is 1. The van der Waals surface area contributed by atoms with Gasteiger partial charge in [-0.15, -0.1) is 0 Å². The maximum Gasteiger partial charge on any atom is 0.257 e. The number of nitrogens with one attached hydrogen (secondary N) is 1. The van der Waals surface area contributed by atoms with Crippen LogP contribution in [0.25, 0.3) is 0 Å². The molecule has 0 fully saturated rings. The number of rotatable bonds is 3. The molecule has 0 atom stereocenters. The van der Waals surface area contributed by atoms with Crippen molar-refractivity contribution >= 4 is 17.3 Å². The van der Waals surface area contributed by atoms with E-state index in [0.29, 0.717) is 46.2 Å². The molecule has 0 unspecified atom stereocenters. The average Bonchev–Trinajstić information content (AvgIpc) is 2.94. The third-order valence-electron chi connectivity index (χ3n) is 3.37. The highest BCUT2D eigenvalue weighted by atomic mass is 16.7. The molecule has 0 saturated heterocycles. The van der Waals surface area contributed by atoms with Crippen molar-refractivity contribution in [2.75, 3.05) is 17.8 Å². The first-order chi connectivity index (χ1) is 10.6. The summed E-state index contributed by atoms with van der Waals surface area (Å²) in [6, 6.07) is 5.00. The maximum atomic E-state index is 12.5. The molecule has 3 rings (SSSR count).